The molecule has 0 spiro atoms. The van der Waals surface area contributed by atoms with Gasteiger partial charge in [-0.15, -0.1) is 0 Å². The molecule has 0 saturated heterocycles. The molecule has 0 aliphatic carbocycles. The van der Waals surface area contributed by atoms with Gasteiger partial charge in [0.1, 0.15) is 11.6 Å². The van der Waals surface area contributed by atoms with Gasteiger partial charge in [-0.25, -0.2) is 15.2 Å². The number of nitrogens with one attached hydrogen (secondary N) is 2. The summed E-state index contributed by atoms with van der Waals surface area (Å²) < 4.78 is 13.2. The lowest BCUT2D eigenvalue weighted by Gasteiger charge is -2.09. The Balaban J connectivity index is 2.45. The number of rotatable bonds is 4. The number of nitrogens with two attached hydrogens (primary N) is 1. The number of halogens is 2. The van der Waals surface area contributed by atoms with Crippen molar-refractivity contribution in [3.05, 3.63) is 51.3 Å². The standard InChI is InChI=1S/C11H9ClFN5O2/c12-7-2-1-6(13)5-8(7)15-11-9(18(19)20)3-4-10(16-11)17-14/h1-5H,14H2,(H2,15,16,17). The first-order chi connectivity index (χ1) is 9.51. The van der Waals surface area contributed by atoms with Gasteiger partial charge in [-0.05, 0) is 24.3 Å². The molecule has 0 radical (unpaired) electrons. The molecule has 2 rings (SSSR count). The van der Waals surface area contributed by atoms with Crippen LogP contribution < -0.4 is 16.6 Å². The molecule has 0 atom stereocenters. The highest BCUT2D eigenvalue weighted by molar-refractivity contribution is 6.33. The number of hydrogen-bond donors (Lipinski definition) is 3. The number of hydrazine groups is 1. The summed E-state index contributed by atoms with van der Waals surface area (Å²) in [6.07, 6.45) is 0. The van der Waals surface area contributed by atoms with Crippen LogP contribution >= 0.6 is 11.6 Å². The lowest BCUT2D eigenvalue weighted by Crippen LogP contribution is -2.10. The van der Waals surface area contributed by atoms with Gasteiger partial charge in [-0.2, -0.15) is 0 Å². The van der Waals surface area contributed by atoms with Crippen LogP contribution in [0.5, 0.6) is 0 Å². The quantitative estimate of drug-likeness (QED) is 0.455. The third-order valence-electron chi connectivity index (χ3n) is 2.40. The molecule has 0 aliphatic heterocycles. The maximum atomic E-state index is 13.2. The molecule has 0 saturated carbocycles. The largest absolute Gasteiger partial charge is 0.333 e. The molecular weight excluding hydrogens is 289 g/mol. The average molecular weight is 298 g/mol. The number of pyridine rings is 1. The highest BCUT2D eigenvalue weighted by Gasteiger charge is 2.17. The van der Waals surface area contributed by atoms with Crippen molar-refractivity contribution in [1.29, 1.82) is 0 Å². The Morgan fingerprint density at radius 3 is 2.75 bits per heavy atom. The minimum absolute atomic E-state index is 0.0991. The van der Waals surface area contributed by atoms with E-state index in [4.69, 9.17) is 17.4 Å². The van der Waals surface area contributed by atoms with E-state index in [-0.39, 0.29) is 28.0 Å². The third-order valence-corrected chi connectivity index (χ3v) is 2.73. The monoisotopic (exact) mass is 297 g/mol. The smallest absolute Gasteiger partial charge is 0.311 e. The van der Waals surface area contributed by atoms with Gasteiger partial charge >= 0.3 is 5.69 Å². The summed E-state index contributed by atoms with van der Waals surface area (Å²) in [6.45, 7) is 0. The van der Waals surface area contributed by atoms with Crippen molar-refractivity contribution < 1.29 is 9.31 Å². The number of hydrogen-bond acceptors (Lipinski definition) is 6. The van der Waals surface area contributed by atoms with Gasteiger partial charge in [0.2, 0.25) is 5.82 Å². The van der Waals surface area contributed by atoms with Crippen LogP contribution in [-0.2, 0) is 0 Å². The summed E-state index contributed by atoms with van der Waals surface area (Å²) in [5.74, 6) is 4.78. The zero-order valence-corrected chi connectivity index (χ0v) is 10.7. The molecule has 2 aromatic rings. The van der Waals surface area contributed by atoms with Crippen LogP contribution in [0.15, 0.2) is 30.3 Å². The first kappa shape index (κ1) is 14.0. The van der Waals surface area contributed by atoms with E-state index < -0.39 is 10.7 Å². The highest BCUT2D eigenvalue weighted by atomic mass is 35.5. The van der Waals surface area contributed by atoms with Crippen molar-refractivity contribution in [2.75, 3.05) is 10.7 Å². The molecule has 0 bridgehead atoms. The van der Waals surface area contributed by atoms with Gasteiger partial charge in [-0.3, -0.25) is 10.1 Å². The summed E-state index contributed by atoms with van der Waals surface area (Å²) in [5.41, 5.74) is 2.14. The number of nitro groups is 1. The van der Waals surface area contributed by atoms with Gasteiger partial charge in [0.15, 0.2) is 0 Å². The highest BCUT2D eigenvalue weighted by Crippen LogP contribution is 2.30. The minimum Gasteiger partial charge on any atom is -0.333 e. The topological polar surface area (TPSA) is 106 Å². The second kappa shape index (κ2) is 5.68. The average Bonchev–Trinajstić information content (AvgIpc) is 2.42. The molecule has 7 nitrogen and oxygen atoms in total. The molecule has 0 aliphatic rings. The van der Waals surface area contributed by atoms with Gasteiger partial charge in [0.05, 0.1) is 15.6 Å². The molecule has 0 unspecified atom stereocenters. The summed E-state index contributed by atoms with van der Waals surface area (Å²) in [5, 5.41) is 13.8. The van der Waals surface area contributed by atoms with Crippen LogP contribution in [0.1, 0.15) is 0 Å². The molecule has 1 aromatic heterocycles. The van der Waals surface area contributed by atoms with Crippen molar-refractivity contribution in [2.24, 2.45) is 5.84 Å². The Morgan fingerprint density at radius 1 is 1.35 bits per heavy atom. The van der Waals surface area contributed by atoms with Gasteiger partial charge in [0, 0.05) is 6.07 Å². The van der Waals surface area contributed by atoms with E-state index in [9.17, 15) is 14.5 Å². The number of nitrogen functional groups attached to an aromatic ring is 1. The molecule has 1 aromatic carbocycles. The first-order valence-electron chi connectivity index (χ1n) is 5.35. The fourth-order valence-electron chi connectivity index (χ4n) is 1.49. The number of benzene rings is 1. The Hall–Kier alpha value is -2.45. The normalized spacial score (nSPS) is 10.2. The molecular formula is C11H9ClFN5O2. The van der Waals surface area contributed by atoms with Crippen molar-refractivity contribution in [1.82, 2.24) is 4.98 Å². The summed E-state index contributed by atoms with van der Waals surface area (Å²) in [4.78, 5) is 14.2. The van der Waals surface area contributed by atoms with E-state index in [0.29, 0.717) is 0 Å². The van der Waals surface area contributed by atoms with E-state index in [1.54, 1.807) is 0 Å². The molecule has 104 valence electrons. The Bertz CT molecular complexity index is 667. The van der Waals surface area contributed by atoms with E-state index in [2.05, 4.69) is 15.7 Å². The lowest BCUT2D eigenvalue weighted by atomic mass is 10.3. The number of aromatic nitrogens is 1. The van der Waals surface area contributed by atoms with Crippen molar-refractivity contribution >= 4 is 34.6 Å². The van der Waals surface area contributed by atoms with Crippen LogP contribution in [-0.4, -0.2) is 9.91 Å². The Morgan fingerprint density at radius 2 is 2.10 bits per heavy atom. The maximum absolute atomic E-state index is 13.2. The van der Waals surface area contributed by atoms with E-state index in [1.807, 2.05) is 0 Å². The fraction of sp³-hybridized carbons (Fsp3) is 0. The first-order valence-corrected chi connectivity index (χ1v) is 5.73. The van der Waals surface area contributed by atoms with Crippen molar-refractivity contribution in [3.8, 4) is 0 Å². The van der Waals surface area contributed by atoms with Gasteiger partial charge < -0.3 is 10.7 Å². The second-order valence-electron chi connectivity index (χ2n) is 3.71. The molecule has 1 heterocycles. The van der Waals surface area contributed by atoms with E-state index in [1.165, 1.54) is 24.3 Å². The minimum atomic E-state index is -0.622. The van der Waals surface area contributed by atoms with Gasteiger partial charge in [-0.1, -0.05) is 11.6 Å². The molecule has 9 heteroatoms. The zero-order chi connectivity index (χ0) is 14.7. The van der Waals surface area contributed by atoms with Crippen LogP contribution in [0, 0.1) is 15.9 Å². The van der Waals surface area contributed by atoms with Crippen LogP contribution in [0.3, 0.4) is 0 Å². The molecule has 0 fully saturated rings. The van der Waals surface area contributed by atoms with Gasteiger partial charge in [0.25, 0.3) is 0 Å². The zero-order valence-electron chi connectivity index (χ0n) is 9.93. The summed E-state index contributed by atoms with van der Waals surface area (Å²) in [6, 6.07) is 6.17. The van der Waals surface area contributed by atoms with Crippen molar-refractivity contribution in [3.63, 3.8) is 0 Å². The maximum Gasteiger partial charge on any atom is 0.311 e. The Kier molecular flexibility index (Phi) is 3.97. The van der Waals surface area contributed by atoms with E-state index >= 15 is 0 Å². The fourth-order valence-corrected chi connectivity index (χ4v) is 1.66. The van der Waals surface area contributed by atoms with Crippen LogP contribution in [0.25, 0.3) is 0 Å². The van der Waals surface area contributed by atoms with E-state index in [0.717, 1.165) is 6.07 Å². The predicted octanol–water partition coefficient (Wildman–Crippen LogP) is 2.81. The summed E-state index contributed by atoms with van der Waals surface area (Å²) in [7, 11) is 0. The molecule has 4 N–H and O–H groups in total. The number of nitrogens with zero attached hydrogens (tertiary/aromatic N) is 2. The summed E-state index contributed by atoms with van der Waals surface area (Å²) >= 11 is 5.88. The molecule has 0 amide bonds. The van der Waals surface area contributed by atoms with Crippen molar-refractivity contribution in [2.45, 2.75) is 0 Å². The number of anilines is 3. The SMILES string of the molecule is NNc1ccc([N+](=O)[O-])c(Nc2cc(F)ccc2Cl)n1. The van der Waals surface area contributed by atoms with Crippen LogP contribution in [0.4, 0.5) is 27.4 Å². The third kappa shape index (κ3) is 2.92. The van der Waals surface area contributed by atoms with Crippen LogP contribution in [0.2, 0.25) is 5.02 Å². The predicted molar refractivity (Wildman–Crippen MR) is 73.4 cm³/mol. The Labute approximate surface area is 117 Å². The lowest BCUT2D eigenvalue weighted by molar-refractivity contribution is -0.384. The molecule has 20 heavy (non-hydrogen) atoms. The second-order valence-corrected chi connectivity index (χ2v) is 4.12.